The average Bonchev–Trinajstić information content (AvgIpc) is 2.38. The molecule has 1 amide bonds. The van der Waals surface area contributed by atoms with Crippen LogP contribution >= 0.6 is 0 Å². The number of hydrogen-bond donors (Lipinski definition) is 2. The summed E-state index contributed by atoms with van der Waals surface area (Å²) in [6, 6.07) is 8.68. The molecule has 1 aromatic rings. The molecule has 0 spiro atoms. The van der Waals surface area contributed by atoms with Crippen LogP contribution in [0.2, 0.25) is 0 Å². The molecule has 0 aliphatic heterocycles. The zero-order valence-corrected chi connectivity index (χ0v) is 9.76. The molecular formula is C13H18N2O2. The van der Waals surface area contributed by atoms with E-state index in [1.807, 2.05) is 30.3 Å². The SMILES string of the molecule is C=COCCCNC(=O)[C@@H](N)c1ccccc1. The minimum Gasteiger partial charge on any atom is -0.502 e. The van der Waals surface area contributed by atoms with Crippen LogP contribution in [0.5, 0.6) is 0 Å². The molecule has 4 heteroatoms. The molecule has 0 aliphatic rings. The highest BCUT2D eigenvalue weighted by molar-refractivity contribution is 5.82. The van der Waals surface area contributed by atoms with E-state index in [2.05, 4.69) is 11.9 Å². The van der Waals surface area contributed by atoms with Gasteiger partial charge in [-0.05, 0) is 12.0 Å². The summed E-state index contributed by atoms with van der Waals surface area (Å²) in [6.45, 7) is 4.53. The molecule has 0 saturated heterocycles. The Labute approximate surface area is 101 Å². The van der Waals surface area contributed by atoms with E-state index in [0.717, 1.165) is 12.0 Å². The highest BCUT2D eigenvalue weighted by Gasteiger charge is 2.14. The van der Waals surface area contributed by atoms with E-state index in [-0.39, 0.29) is 5.91 Å². The van der Waals surface area contributed by atoms with Gasteiger partial charge in [0, 0.05) is 6.54 Å². The van der Waals surface area contributed by atoms with E-state index in [1.54, 1.807) is 0 Å². The number of ether oxygens (including phenoxy) is 1. The Morgan fingerprint density at radius 2 is 2.18 bits per heavy atom. The largest absolute Gasteiger partial charge is 0.502 e. The van der Waals surface area contributed by atoms with Crippen molar-refractivity contribution in [2.75, 3.05) is 13.2 Å². The van der Waals surface area contributed by atoms with E-state index >= 15 is 0 Å². The van der Waals surface area contributed by atoms with Gasteiger partial charge in [-0.3, -0.25) is 4.79 Å². The Morgan fingerprint density at radius 1 is 1.47 bits per heavy atom. The lowest BCUT2D eigenvalue weighted by Crippen LogP contribution is -2.34. The first kappa shape index (κ1) is 13.3. The maximum absolute atomic E-state index is 11.7. The normalized spacial score (nSPS) is 11.6. The predicted molar refractivity (Wildman–Crippen MR) is 67.1 cm³/mol. The van der Waals surface area contributed by atoms with Crippen LogP contribution in [0.1, 0.15) is 18.0 Å². The summed E-state index contributed by atoms with van der Waals surface area (Å²) in [5.74, 6) is -0.171. The van der Waals surface area contributed by atoms with Crippen LogP contribution in [0.25, 0.3) is 0 Å². The van der Waals surface area contributed by atoms with Gasteiger partial charge in [-0.1, -0.05) is 36.9 Å². The lowest BCUT2D eigenvalue weighted by Gasteiger charge is -2.12. The molecule has 0 aliphatic carbocycles. The van der Waals surface area contributed by atoms with Crippen LogP contribution in [-0.4, -0.2) is 19.1 Å². The fourth-order valence-electron chi connectivity index (χ4n) is 1.37. The lowest BCUT2D eigenvalue weighted by atomic mass is 10.1. The summed E-state index contributed by atoms with van der Waals surface area (Å²) in [5.41, 5.74) is 6.63. The first-order valence-corrected chi connectivity index (χ1v) is 5.56. The first-order chi connectivity index (χ1) is 8.25. The summed E-state index contributed by atoms with van der Waals surface area (Å²) in [5, 5.41) is 2.76. The highest BCUT2D eigenvalue weighted by atomic mass is 16.5. The molecule has 3 N–H and O–H groups in total. The molecule has 92 valence electrons. The second-order valence-electron chi connectivity index (χ2n) is 3.57. The van der Waals surface area contributed by atoms with Crippen molar-refractivity contribution in [2.24, 2.45) is 5.73 Å². The number of amides is 1. The van der Waals surface area contributed by atoms with Crippen LogP contribution in [0, 0.1) is 0 Å². The Hall–Kier alpha value is -1.81. The van der Waals surface area contributed by atoms with Crippen LogP contribution in [0.4, 0.5) is 0 Å². The quantitative estimate of drug-likeness (QED) is 0.553. The molecule has 0 radical (unpaired) electrons. The fraction of sp³-hybridized carbons (Fsp3) is 0.308. The summed E-state index contributed by atoms with van der Waals surface area (Å²) >= 11 is 0. The van der Waals surface area contributed by atoms with Gasteiger partial charge < -0.3 is 15.8 Å². The Kier molecular flexibility index (Phi) is 5.82. The molecule has 4 nitrogen and oxygen atoms in total. The average molecular weight is 234 g/mol. The van der Waals surface area contributed by atoms with Gasteiger partial charge >= 0.3 is 0 Å². The fourth-order valence-corrected chi connectivity index (χ4v) is 1.37. The lowest BCUT2D eigenvalue weighted by molar-refractivity contribution is -0.122. The molecule has 1 rings (SSSR count). The third kappa shape index (κ3) is 4.70. The summed E-state index contributed by atoms with van der Waals surface area (Å²) in [6.07, 6.45) is 2.12. The standard InChI is InChI=1S/C13H18N2O2/c1-2-17-10-6-9-15-13(16)12(14)11-7-4-3-5-8-11/h2-5,7-8,12H,1,6,9-10,14H2,(H,15,16)/t12-/m0/s1. The smallest absolute Gasteiger partial charge is 0.241 e. The molecule has 0 unspecified atom stereocenters. The highest BCUT2D eigenvalue weighted by Crippen LogP contribution is 2.08. The molecule has 17 heavy (non-hydrogen) atoms. The van der Waals surface area contributed by atoms with Crippen molar-refractivity contribution in [2.45, 2.75) is 12.5 Å². The van der Waals surface area contributed by atoms with E-state index in [0.29, 0.717) is 13.2 Å². The zero-order chi connectivity index (χ0) is 12.5. The van der Waals surface area contributed by atoms with Gasteiger partial charge in [0.2, 0.25) is 5.91 Å². The number of rotatable bonds is 7. The Bertz CT molecular complexity index is 352. The monoisotopic (exact) mass is 234 g/mol. The van der Waals surface area contributed by atoms with Crippen molar-refractivity contribution in [3.8, 4) is 0 Å². The third-order valence-electron chi connectivity index (χ3n) is 2.30. The summed E-state index contributed by atoms with van der Waals surface area (Å²) in [4.78, 5) is 11.7. The van der Waals surface area contributed by atoms with Crippen LogP contribution < -0.4 is 11.1 Å². The van der Waals surface area contributed by atoms with Crippen molar-refractivity contribution >= 4 is 5.91 Å². The van der Waals surface area contributed by atoms with Gasteiger partial charge in [0.05, 0.1) is 12.9 Å². The molecule has 1 aromatic carbocycles. The van der Waals surface area contributed by atoms with Crippen molar-refractivity contribution in [1.82, 2.24) is 5.32 Å². The second kappa shape index (κ2) is 7.46. The minimum absolute atomic E-state index is 0.171. The van der Waals surface area contributed by atoms with Crippen molar-refractivity contribution in [3.63, 3.8) is 0 Å². The minimum atomic E-state index is -0.614. The molecule has 0 aromatic heterocycles. The van der Waals surface area contributed by atoms with Crippen LogP contribution in [0.3, 0.4) is 0 Å². The number of nitrogens with two attached hydrogens (primary N) is 1. The molecule has 1 atom stereocenters. The zero-order valence-electron chi connectivity index (χ0n) is 9.76. The molecule has 0 fully saturated rings. The molecular weight excluding hydrogens is 216 g/mol. The van der Waals surface area contributed by atoms with Crippen molar-refractivity contribution in [1.29, 1.82) is 0 Å². The van der Waals surface area contributed by atoms with E-state index in [1.165, 1.54) is 6.26 Å². The molecule has 0 heterocycles. The van der Waals surface area contributed by atoms with Crippen molar-refractivity contribution < 1.29 is 9.53 Å². The molecule has 0 bridgehead atoms. The van der Waals surface area contributed by atoms with Crippen LogP contribution in [0.15, 0.2) is 43.2 Å². The van der Waals surface area contributed by atoms with E-state index in [9.17, 15) is 4.79 Å². The molecule has 0 saturated carbocycles. The van der Waals surface area contributed by atoms with Gasteiger partial charge in [-0.2, -0.15) is 0 Å². The van der Waals surface area contributed by atoms with Gasteiger partial charge in [-0.15, -0.1) is 0 Å². The van der Waals surface area contributed by atoms with E-state index in [4.69, 9.17) is 10.5 Å². The van der Waals surface area contributed by atoms with Gasteiger partial charge in [0.1, 0.15) is 6.04 Å². The van der Waals surface area contributed by atoms with Gasteiger partial charge in [0.15, 0.2) is 0 Å². The first-order valence-electron chi connectivity index (χ1n) is 5.56. The number of carbonyl (C=O) groups excluding carboxylic acids is 1. The summed E-state index contributed by atoms with van der Waals surface area (Å²) < 4.78 is 4.94. The topological polar surface area (TPSA) is 64.3 Å². The predicted octanol–water partition coefficient (Wildman–Crippen LogP) is 1.35. The Morgan fingerprint density at radius 3 is 2.82 bits per heavy atom. The number of nitrogens with one attached hydrogen (secondary N) is 1. The number of hydrogen-bond acceptors (Lipinski definition) is 3. The van der Waals surface area contributed by atoms with Crippen molar-refractivity contribution in [3.05, 3.63) is 48.7 Å². The van der Waals surface area contributed by atoms with Gasteiger partial charge in [0.25, 0.3) is 0 Å². The van der Waals surface area contributed by atoms with Gasteiger partial charge in [-0.25, -0.2) is 0 Å². The summed E-state index contributed by atoms with van der Waals surface area (Å²) in [7, 11) is 0. The maximum atomic E-state index is 11.7. The van der Waals surface area contributed by atoms with Crippen LogP contribution in [-0.2, 0) is 9.53 Å². The Balaban J connectivity index is 2.30. The maximum Gasteiger partial charge on any atom is 0.241 e. The second-order valence-corrected chi connectivity index (χ2v) is 3.57. The number of carbonyl (C=O) groups is 1. The van der Waals surface area contributed by atoms with E-state index < -0.39 is 6.04 Å². The number of benzene rings is 1. The third-order valence-corrected chi connectivity index (χ3v) is 2.30.